The Bertz CT molecular complexity index is 959. The largest absolute Gasteiger partial charge is 0.489 e. The van der Waals surface area contributed by atoms with Crippen molar-refractivity contribution in [2.24, 2.45) is 11.1 Å². The molecule has 1 aromatic rings. The number of hydrogen-bond donors (Lipinski definition) is 1. The molecule has 1 aromatic carbocycles. The van der Waals surface area contributed by atoms with E-state index in [9.17, 15) is 13.4 Å². The van der Waals surface area contributed by atoms with E-state index in [1.54, 1.807) is 32.9 Å². The van der Waals surface area contributed by atoms with Crippen LogP contribution in [0.5, 0.6) is 5.75 Å². The third-order valence-electron chi connectivity index (χ3n) is 7.01. The van der Waals surface area contributed by atoms with Gasteiger partial charge in [-0.2, -0.15) is 0 Å². The maximum absolute atomic E-state index is 14.8. The van der Waals surface area contributed by atoms with Crippen LogP contribution in [0, 0.1) is 18.7 Å². The van der Waals surface area contributed by atoms with Gasteiger partial charge in [0.05, 0.1) is 22.3 Å². The van der Waals surface area contributed by atoms with E-state index in [0.717, 1.165) is 18.4 Å². The van der Waals surface area contributed by atoms with Crippen LogP contribution >= 0.6 is 0 Å². The molecule has 0 aliphatic carbocycles. The number of halogens is 1. The first-order valence-electron chi connectivity index (χ1n) is 12.1. The zero-order valence-corrected chi connectivity index (χ0v) is 22.3. The summed E-state index contributed by atoms with van der Waals surface area (Å²) in [5, 5.41) is 5.83. The van der Waals surface area contributed by atoms with Crippen molar-refractivity contribution in [2.75, 3.05) is 26.3 Å². The highest BCUT2D eigenvalue weighted by molar-refractivity contribution is 7.84. The number of rotatable bonds is 9. The Kier molecular flexibility index (Phi) is 8.78. The molecule has 2 aliphatic heterocycles. The fourth-order valence-electron chi connectivity index (χ4n) is 4.91. The van der Waals surface area contributed by atoms with Crippen molar-refractivity contribution in [2.45, 2.75) is 76.4 Å². The van der Waals surface area contributed by atoms with Gasteiger partial charge in [-0.3, -0.25) is 9.93 Å². The molecule has 2 N–H and O–H groups in total. The fourth-order valence-corrected chi connectivity index (χ4v) is 5.25. The third kappa shape index (κ3) is 6.70. The summed E-state index contributed by atoms with van der Waals surface area (Å²) in [4.78, 5) is 14.8. The maximum Gasteiger partial charge on any atom is 0.254 e. The molecule has 0 radical (unpaired) electrons. The molecule has 2 aliphatic rings. The number of piperidine rings is 1. The average molecular weight is 511 g/mol. The molecule has 0 spiro atoms. The Morgan fingerprint density at radius 1 is 1.40 bits per heavy atom. The van der Waals surface area contributed by atoms with Gasteiger partial charge in [-0.25, -0.2) is 8.60 Å². The lowest BCUT2D eigenvalue weighted by atomic mass is 9.75. The van der Waals surface area contributed by atoms with Crippen molar-refractivity contribution >= 4 is 16.9 Å². The number of carbonyl (C=O) groups is 1. The second-order valence-electron chi connectivity index (χ2n) is 10.6. The Morgan fingerprint density at radius 3 is 2.60 bits per heavy atom. The van der Waals surface area contributed by atoms with E-state index in [1.807, 2.05) is 18.7 Å². The number of aryl methyl sites for hydroxylation is 1. The zero-order valence-electron chi connectivity index (χ0n) is 21.5. The topological polar surface area (TPSA) is 91.1 Å². The van der Waals surface area contributed by atoms with Crippen LogP contribution < -0.4 is 9.88 Å². The zero-order chi connectivity index (χ0) is 26.0. The molecule has 196 valence electrons. The van der Waals surface area contributed by atoms with Crippen LogP contribution in [-0.4, -0.2) is 58.0 Å². The summed E-state index contributed by atoms with van der Waals surface area (Å²) < 4.78 is 43.6. The molecule has 3 rings (SSSR count). The first kappa shape index (κ1) is 27.8. The monoisotopic (exact) mass is 510 g/mol. The highest BCUT2D eigenvalue weighted by Crippen LogP contribution is 2.44. The normalized spacial score (nSPS) is 22.6. The van der Waals surface area contributed by atoms with Gasteiger partial charge in [0, 0.05) is 18.7 Å². The van der Waals surface area contributed by atoms with Crippen molar-refractivity contribution in [3.05, 3.63) is 41.7 Å². The Hall–Kier alpha value is -1.81. The van der Waals surface area contributed by atoms with E-state index in [2.05, 4.69) is 6.58 Å². The number of amides is 1. The minimum atomic E-state index is -1.57. The lowest BCUT2D eigenvalue weighted by Gasteiger charge is -2.39. The summed E-state index contributed by atoms with van der Waals surface area (Å²) in [6.45, 7) is 14.4. The van der Waals surface area contributed by atoms with Crippen LogP contribution in [-0.2, 0) is 25.3 Å². The van der Waals surface area contributed by atoms with E-state index < -0.39 is 27.6 Å². The minimum absolute atomic E-state index is 0.0645. The van der Waals surface area contributed by atoms with Gasteiger partial charge in [-0.05, 0) is 83.4 Å². The van der Waals surface area contributed by atoms with Crippen LogP contribution in [0.1, 0.15) is 64.0 Å². The van der Waals surface area contributed by atoms with E-state index in [-0.39, 0.29) is 30.2 Å². The van der Waals surface area contributed by atoms with Crippen LogP contribution in [0.25, 0.3) is 0 Å². The van der Waals surface area contributed by atoms with Gasteiger partial charge >= 0.3 is 0 Å². The van der Waals surface area contributed by atoms with E-state index >= 15 is 0 Å². The van der Waals surface area contributed by atoms with E-state index in [1.165, 1.54) is 6.07 Å². The predicted octanol–water partition coefficient (Wildman–Crippen LogP) is 3.96. The van der Waals surface area contributed by atoms with Crippen LogP contribution in [0.2, 0.25) is 0 Å². The molecule has 2 fully saturated rings. The van der Waals surface area contributed by atoms with Crippen LogP contribution in [0.15, 0.2) is 24.8 Å². The molecule has 3 atom stereocenters. The van der Waals surface area contributed by atoms with Crippen molar-refractivity contribution in [3.8, 4) is 5.75 Å². The van der Waals surface area contributed by atoms with Crippen LogP contribution in [0.3, 0.4) is 0 Å². The Morgan fingerprint density at radius 2 is 2.06 bits per heavy atom. The quantitative estimate of drug-likeness (QED) is 0.508. The highest BCUT2D eigenvalue weighted by Gasteiger charge is 2.41. The molecule has 7 nitrogen and oxygen atoms in total. The second kappa shape index (κ2) is 11.1. The maximum atomic E-state index is 14.8. The van der Waals surface area contributed by atoms with Crippen LogP contribution in [0.4, 0.5) is 4.39 Å². The van der Waals surface area contributed by atoms with Crippen molar-refractivity contribution in [1.29, 1.82) is 0 Å². The number of benzene rings is 1. The van der Waals surface area contributed by atoms with Crippen molar-refractivity contribution < 1.29 is 27.6 Å². The second-order valence-corrected chi connectivity index (χ2v) is 12.3. The van der Waals surface area contributed by atoms with Crippen molar-refractivity contribution in [1.82, 2.24) is 4.90 Å². The highest BCUT2D eigenvalue weighted by atomic mass is 32.2. The molecule has 0 bridgehead atoms. The molecule has 2 saturated heterocycles. The molecule has 9 heteroatoms. The SMILES string of the molecule is C=CCOc1cc(C)c(F)cc1[C@H](CC(C)(C)S(N)=O)C1CCN(C(=O)[C@H]2COC(C)(C)O2)CC1. The summed E-state index contributed by atoms with van der Waals surface area (Å²) in [6.07, 6.45) is 2.99. The molecule has 2 heterocycles. The molecule has 0 aromatic heterocycles. The molecular weight excluding hydrogens is 471 g/mol. The number of carbonyl (C=O) groups excluding carboxylic acids is 1. The van der Waals surface area contributed by atoms with Crippen molar-refractivity contribution in [3.63, 3.8) is 0 Å². The number of ether oxygens (including phenoxy) is 3. The molecule has 35 heavy (non-hydrogen) atoms. The van der Waals surface area contributed by atoms with Gasteiger partial charge in [-0.15, -0.1) is 0 Å². The third-order valence-corrected chi connectivity index (χ3v) is 8.26. The first-order valence-corrected chi connectivity index (χ1v) is 13.4. The number of nitrogens with two attached hydrogens (primary N) is 1. The summed E-state index contributed by atoms with van der Waals surface area (Å²) in [6, 6.07) is 3.25. The number of nitrogens with zero attached hydrogens (tertiary/aromatic N) is 1. The number of likely N-dealkylation sites (tertiary alicyclic amines) is 1. The van der Waals surface area contributed by atoms with Gasteiger partial charge in [-0.1, -0.05) is 12.7 Å². The summed E-state index contributed by atoms with van der Waals surface area (Å²) in [7, 11) is -1.57. The smallest absolute Gasteiger partial charge is 0.254 e. The summed E-state index contributed by atoms with van der Waals surface area (Å²) in [5.74, 6) is -0.543. The summed E-state index contributed by atoms with van der Waals surface area (Å²) >= 11 is 0. The average Bonchev–Trinajstić information content (AvgIpc) is 3.17. The minimum Gasteiger partial charge on any atom is -0.489 e. The van der Waals surface area contributed by atoms with Gasteiger partial charge in [0.25, 0.3) is 5.91 Å². The van der Waals surface area contributed by atoms with Gasteiger partial charge < -0.3 is 19.1 Å². The predicted molar refractivity (Wildman–Crippen MR) is 135 cm³/mol. The molecule has 1 amide bonds. The summed E-state index contributed by atoms with van der Waals surface area (Å²) in [5.41, 5.74) is 1.24. The first-order chi connectivity index (χ1) is 16.3. The Labute approximate surface area is 210 Å². The number of hydrogen-bond acceptors (Lipinski definition) is 5. The molecule has 1 unspecified atom stereocenters. The van der Waals surface area contributed by atoms with Gasteiger partial charge in [0.1, 0.15) is 18.2 Å². The Balaban J connectivity index is 1.84. The molecular formula is C26H39FN2O5S. The van der Waals surface area contributed by atoms with Gasteiger partial charge in [0.2, 0.25) is 0 Å². The lowest BCUT2D eigenvalue weighted by molar-refractivity contribution is -0.161. The molecule has 0 saturated carbocycles. The fraction of sp³-hybridized carbons (Fsp3) is 0.654. The standard InChI is InChI=1S/C26H39FN2O5S/c1-7-12-32-22-13-17(2)21(27)14-19(22)20(15-25(3,4)35(28)31)18-8-10-29(11-9-18)24(30)23-16-33-26(5,6)34-23/h7,13-14,18,20,23H,1,8-12,15-16,28H2,2-6H3/t20-,23-,35?/m1/s1. The van der Waals surface area contributed by atoms with E-state index in [0.29, 0.717) is 37.4 Å². The van der Waals surface area contributed by atoms with Gasteiger partial charge in [0.15, 0.2) is 11.9 Å². The lowest BCUT2D eigenvalue weighted by Crippen LogP contribution is -2.46. The van der Waals surface area contributed by atoms with E-state index in [4.69, 9.17) is 19.3 Å².